The standard InChI is InChI=1S/C14H14ClN3S/c1-8(2)12-9(3)17-18(13(12)15)14-16-10-6-4-5-7-11(10)19-14/h4-8H,1-3H3. The van der Waals surface area contributed by atoms with Crippen molar-refractivity contribution in [2.75, 3.05) is 0 Å². The number of hydrogen-bond donors (Lipinski definition) is 0. The van der Waals surface area contributed by atoms with E-state index >= 15 is 0 Å². The largest absolute Gasteiger partial charge is 0.218 e. The zero-order valence-electron chi connectivity index (χ0n) is 11.0. The highest BCUT2D eigenvalue weighted by atomic mass is 35.5. The Kier molecular flexibility index (Phi) is 3.07. The second-order valence-electron chi connectivity index (χ2n) is 4.82. The SMILES string of the molecule is Cc1nn(-c2nc3ccccc3s2)c(Cl)c1C(C)C. The summed E-state index contributed by atoms with van der Waals surface area (Å²) >= 11 is 8.06. The number of hydrogen-bond acceptors (Lipinski definition) is 3. The first-order valence-electron chi connectivity index (χ1n) is 6.19. The van der Waals surface area contributed by atoms with E-state index in [4.69, 9.17) is 11.6 Å². The molecule has 19 heavy (non-hydrogen) atoms. The van der Waals surface area contributed by atoms with Crippen molar-refractivity contribution in [2.45, 2.75) is 26.7 Å². The molecule has 2 aromatic heterocycles. The molecule has 0 unspecified atom stereocenters. The van der Waals surface area contributed by atoms with E-state index in [0.717, 1.165) is 26.6 Å². The monoisotopic (exact) mass is 291 g/mol. The smallest absolute Gasteiger partial charge is 0.212 e. The molecule has 0 spiro atoms. The second kappa shape index (κ2) is 4.62. The predicted octanol–water partition coefficient (Wildman–Crippen LogP) is 4.57. The summed E-state index contributed by atoms with van der Waals surface area (Å²) in [5, 5.41) is 6.02. The predicted molar refractivity (Wildman–Crippen MR) is 80.6 cm³/mol. The number of rotatable bonds is 2. The van der Waals surface area contributed by atoms with Crippen LogP contribution in [0.4, 0.5) is 0 Å². The lowest BCUT2D eigenvalue weighted by Gasteiger charge is -2.03. The van der Waals surface area contributed by atoms with Crippen molar-refractivity contribution in [1.82, 2.24) is 14.8 Å². The molecule has 3 nitrogen and oxygen atoms in total. The van der Waals surface area contributed by atoms with Crippen LogP contribution in [0, 0.1) is 6.92 Å². The van der Waals surface area contributed by atoms with E-state index in [0.29, 0.717) is 11.1 Å². The van der Waals surface area contributed by atoms with Crippen molar-refractivity contribution in [2.24, 2.45) is 0 Å². The van der Waals surface area contributed by atoms with E-state index in [-0.39, 0.29) is 0 Å². The number of nitrogens with zero attached hydrogens (tertiary/aromatic N) is 3. The van der Waals surface area contributed by atoms with E-state index in [9.17, 15) is 0 Å². The number of halogens is 1. The molecule has 0 amide bonds. The molecule has 0 aliphatic heterocycles. The van der Waals surface area contributed by atoms with Crippen molar-refractivity contribution < 1.29 is 0 Å². The second-order valence-corrected chi connectivity index (χ2v) is 6.19. The Morgan fingerprint density at radius 2 is 2.00 bits per heavy atom. The highest BCUT2D eigenvalue weighted by molar-refractivity contribution is 7.20. The Balaban J connectivity index is 2.19. The zero-order chi connectivity index (χ0) is 13.6. The van der Waals surface area contributed by atoms with E-state index in [1.54, 1.807) is 16.0 Å². The van der Waals surface area contributed by atoms with Crippen LogP contribution in [0.3, 0.4) is 0 Å². The number of benzene rings is 1. The molecular weight excluding hydrogens is 278 g/mol. The van der Waals surface area contributed by atoms with Crippen LogP contribution in [0.25, 0.3) is 15.3 Å². The Hall–Kier alpha value is -1.39. The van der Waals surface area contributed by atoms with Crippen LogP contribution in [0.1, 0.15) is 31.0 Å². The highest BCUT2D eigenvalue weighted by Gasteiger charge is 2.19. The molecule has 5 heteroatoms. The van der Waals surface area contributed by atoms with Crippen LogP contribution in [0.15, 0.2) is 24.3 Å². The average molecular weight is 292 g/mol. The van der Waals surface area contributed by atoms with Gasteiger partial charge in [0, 0.05) is 5.56 Å². The number of aromatic nitrogens is 3. The van der Waals surface area contributed by atoms with Crippen LogP contribution < -0.4 is 0 Å². The van der Waals surface area contributed by atoms with Crippen LogP contribution in [0.5, 0.6) is 0 Å². The molecule has 0 aliphatic rings. The first-order valence-corrected chi connectivity index (χ1v) is 7.38. The highest BCUT2D eigenvalue weighted by Crippen LogP contribution is 2.32. The van der Waals surface area contributed by atoms with Crippen molar-refractivity contribution in [3.63, 3.8) is 0 Å². The minimum atomic E-state index is 0.357. The molecule has 0 atom stereocenters. The summed E-state index contributed by atoms with van der Waals surface area (Å²) in [5.74, 6) is 0.357. The van der Waals surface area contributed by atoms with Crippen LogP contribution in [-0.4, -0.2) is 14.8 Å². The maximum Gasteiger partial charge on any atom is 0.212 e. The van der Waals surface area contributed by atoms with Gasteiger partial charge in [-0.1, -0.05) is 48.9 Å². The van der Waals surface area contributed by atoms with Crippen molar-refractivity contribution in [1.29, 1.82) is 0 Å². The fraction of sp³-hybridized carbons (Fsp3) is 0.286. The van der Waals surface area contributed by atoms with E-state index < -0.39 is 0 Å². The summed E-state index contributed by atoms with van der Waals surface area (Å²) in [6, 6.07) is 8.06. The molecule has 0 bridgehead atoms. The number of para-hydroxylation sites is 1. The average Bonchev–Trinajstić information content (AvgIpc) is 2.89. The molecule has 1 aromatic carbocycles. The van der Waals surface area contributed by atoms with Gasteiger partial charge in [-0.25, -0.2) is 4.98 Å². The molecule has 98 valence electrons. The minimum Gasteiger partial charge on any atom is -0.218 e. The van der Waals surface area contributed by atoms with Crippen molar-refractivity contribution in [3.05, 3.63) is 40.7 Å². The van der Waals surface area contributed by atoms with Gasteiger partial charge in [0.25, 0.3) is 0 Å². The maximum absolute atomic E-state index is 6.45. The van der Waals surface area contributed by atoms with Gasteiger partial charge in [0.2, 0.25) is 5.13 Å². The summed E-state index contributed by atoms with van der Waals surface area (Å²) in [6.07, 6.45) is 0. The van der Waals surface area contributed by atoms with Gasteiger partial charge in [-0.15, -0.1) is 0 Å². The lowest BCUT2D eigenvalue weighted by atomic mass is 10.1. The van der Waals surface area contributed by atoms with Gasteiger partial charge >= 0.3 is 0 Å². The van der Waals surface area contributed by atoms with Crippen LogP contribution in [0.2, 0.25) is 5.15 Å². The summed E-state index contributed by atoms with van der Waals surface area (Å²) in [6.45, 7) is 6.24. The molecule has 0 N–H and O–H groups in total. The third-order valence-electron chi connectivity index (χ3n) is 3.09. The first kappa shape index (κ1) is 12.6. The van der Waals surface area contributed by atoms with E-state index in [1.165, 1.54) is 0 Å². The molecule has 0 fully saturated rings. The maximum atomic E-state index is 6.45. The fourth-order valence-corrected chi connectivity index (χ4v) is 3.69. The van der Waals surface area contributed by atoms with Crippen molar-refractivity contribution in [3.8, 4) is 5.13 Å². The molecule has 0 aliphatic carbocycles. The van der Waals surface area contributed by atoms with Gasteiger partial charge < -0.3 is 0 Å². The van der Waals surface area contributed by atoms with Crippen LogP contribution >= 0.6 is 22.9 Å². The summed E-state index contributed by atoms with van der Waals surface area (Å²) in [7, 11) is 0. The third kappa shape index (κ3) is 2.05. The Morgan fingerprint density at radius 1 is 1.26 bits per heavy atom. The summed E-state index contributed by atoms with van der Waals surface area (Å²) in [5.41, 5.74) is 3.05. The Labute approximate surface area is 120 Å². The molecular formula is C14H14ClN3S. The third-order valence-corrected chi connectivity index (χ3v) is 4.46. The Bertz CT molecular complexity index is 709. The quantitative estimate of drug-likeness (QED) is 0.692. The molecule has 3 rings (SSSR count). The molecule has 3 aromatic rings. The topological polar surface area (TPSA) is 30.7 Å². The van der Waals surface area contributed by atoms with Gasteiger partial charge in [-0.05, 0) is 25.0 Å². The molecule has 0 saturated carbocycles. The van der Waals surface area contributed by atoms with E-state index in [1.807, 2.05) is 25.1 Å². The number of fused-ring (bicyclic) bond motifs is 1. The lowest BCUT2D eigenvalue weighted by molar-refractivity contribution is 0.856. The normalized spacial score (nSPS) is 11.6. The fourth-order valence-electron chi connectivity index (χ4n) is 2.24. The van der Waals surface area contributed by atoms with Crippen molar-refractivity contribution >= 4 is 33.2 Å². The number of aryl methyl sites for hydroxylation is 1. The summed E-state index contributed by atoms with van der Waals surface area (Å²) in [4.78, 5) is 4.59. The lowest BCUT2D eigenvalue weighted by Crippen LogP contribution is -1.95. The van der Waals surface area contributed by atoms with Crippen LogP contribution in [-0.2, 0) is 0 Å². The Morgan fingerprint density at radius 3 is 2.63 bits per heavy atom. The van der Waals surface area contributed by atoms with E-state index in [2.05, 4.69) is 30.0 Å². The van der Waals surface area contributed by atoms with Gasteiger partial charge in [0.15, 0.2) is 0 Å². The van der Waals surface area contributed by atoms with Gasteiger partial charge in [-0.3, -0.25) is 0 Å². The molecule has 0 saturated heterocycles. The molecule has 0 radical (unpaired) electrons. The van der Waals surface area contributed by atoms with Gasteiger partial charge in [0.1, 0.15) is 5.15 Å². The number of thiazole rings is 1. The zero-order valence-corrected chi connectivity index (χ0v) is 12.6. The molecule has 2 heterocycles. The first-order chi connectivity index (χ1) is 9.08. The van der Waals surface area contributed by atoms with Gasteiger partial charge in [0.05, 0.1) is 15.9 Å². The minimum absolute atomic E-state index is 0.357. The van der Waals surface area contributed by atoms with Gasteiger partial charge in [-0.2, -0.15) is 9.78 Å². The summed E-state index contributed by atoms with van der Waals surface area (Å²) < 4.78 is 2.89.